The molecule has 0 saturated carbocycles. The molecule has 0 aromatic heterocycles. The van der Waals surface area contributed by atoms with Crippen LogP contribution in [0.25, 0.3) is 0 Å². The molecular weight excluding hydrogens is 255 g/mol. The van der Waals surface area contributed by atoms with Gasteiger partial charge in [0.2, 0.25) is 0 Å². The van der Waals surface area contributed by atoms with E-state index < -0.39 is 12.2 Å². The first-order chi connectivity index (χ1) is 8.97. The van der Waals surface area contributed by atoms with Crippen LogP contribution in [-0.4, -0.2) is 68.3 Å². The van der Waals surface area contributed by atoms with E-state index in [1.807, 2.05) is 0 Å². The molecule has 2 saturated heterocycles. The molecule has 112 valence electrons. The van der Waals surface area contributed by atoms with Gasteiger partial charge >= 0.3 is 6.18 Å². The van der Waals surface area contributed by atoms with Crippen LogP contribution in [0.2, 0.25) is 0 Å². The average molecular weight is 279 g/mol. The smallest absolute Gasteiger partial charge is 0.315 e. The lowest BCUT2D eigenvalue weighted by molar-refractivity contribution is -0.182. The minimum absolute atomic E-state index is 0.0378. The van der Waals surface area contributed by atoms with E-state index in [0.29, 0.717) is 25.6 Å². The zero-order chi connectivity index (χ0) is 13.9. The van der Waals surface area contributed by atoms with E-state index in [1.165, 1.54) is 0 Å². The fourth-order valence-electron chi connectivity index (χ4n) is 3.05. The van der Waals surface area contributed by atoms with E-state index >= 15 is 0 Å². The molecule has 0 aromatic rings. The summed E-state index contributed by atoms with van der Waals surface area (Å²) in [5.74, 6) is 0.416. The number of piperidine rings is 1. The van der Waals surface area contributed by atoms with Crippen LogP contribution in [0, 0.1) is 5.92 Å². The van der Waals surface area contributed by atoms with Crippen LogP contribution in [0.4, 0.5) is 13.2 Å². The molecule has 1 atom stereocenters. The molecule has 2 heterocycles. The van der Waals surface area contributed by atoms with E-state index in [1.54, 1.807) is 4.90 Å². The lowest BCUT2D eigenvalue weighted by Gasteiger charge is -2.36. The van der Waals surface area contributed by atoms with Crippen LogP contribution >= 0.6 is 0 Å². The highest BCUT2D eigenvalue weighted by Gasteiger charge is 2.44. The third-order valence-corrected chi connectivity index (χ3v) is 4.29. The SMILES string of the molecule is CN1CCC(CN2CCCNCC2C(F)(F)F)CC1. The van der Waals surface area contributed by atoms with E-state index in [2.05, 4.69) is 17.3 Å². The minimum atomic E-state index is -4.12. The fraction of sp³-hybridized carbons (Fsp3) is 1.00. The standard InChI is InChI=1S/C13H24F3N3/c1-18-7-3-11(4-8-18)10-19-6-2-5-17-9-12(19)13(14,15)16/h11-12,17H,2-10H2,1H3. The van der Waals surface area contributed by atoms with Crippen LogP contribution in [0.5, 0.6) is 0 Å². The Labute approximate surface area is 113 Å². The van der Waals surface area contributed by atoms with Gasteiger partial charge in [0.1, 0.15) is 6.04 Å². The molecule has 2 fully saturated rings. The third kappa shape index (κ3) is 4.33. The normalized spacial score (nSPS) is 29.4. The number of nitrogens with zero attached hydrogens (tertiary/aromatic N) is 2. The van der Waals surface area contributed by atoms with Crippen molar-refractivity contribution in [1.82, 2.24) is 15.1 Å². The number of rotatable bonds is 2. The summed E-state index contributed by atoms with van der Waals surface area (Å²) in [4.78, 5) is 3.91. The maximum Gasteiger partial charge on any atom is 0.405 e. The number of nitrogens with one attached hydrogen (secondary N) is 1. The molecule has 1 N–H and O–H groups in total. The van der Waals surface area contributed by atoms with Gasteiger partial charge in [-0.1, -0.05) is 0 Å². The van der Waals surface area contributed by atoms with Crippen LogP contribution in [0.3, 0.4) is 0 Å². The molecule has 0 spiro atoms. The minimum Gasteiger partial charge on any atom is -0.315 e. The summed E-state index contributed by atoms with van der Waals surface area (Å²) in [5, 5.41) is 2.91. The molecule has 0 aromatic carbocycles. The van der Waals surface area contributed by atoms with Gasteiger partial charge < -0.3 is 10.2 Å². The van der Waals surface area contributed by atoms with Gasteiger partial charge in [-0.2, -0.15) is 13.2 Å². The molecule has 0 bridgehead atoms. The highest BCUT2D eigenvalue weighted by molar-refractivity contribution is 4.86. The van der Waals surface area contributed by atoms with E-state index in [-0.39, 0.29) is 6.54 Å². The first-order valence-electron chi connectivity index (χ1n) is 7.17. The Bertz CT molecular complexity index is 275. The summed E-state index contributed by atoms with van der Waals surface area (Å²) in [6.07, 6.45) is -1.28. The molecule has 0 amide bonds. The quantitative estimate of drug-likeness (QED) is 0.827. The van der Waals surface area contributed by atoms with Crippen LogP contribution in [-0.2, 0) is 0 Å². The van der Waals surface area contributed by atoms with Crippen molar-refractivity contribution in [2.24, 2.45) is 5.92 Å². The summed E-state index contributed by atoms with van der Waals surface area (Å²) >= 11 is 0. The molecule has 6 heteroatoms. The Morgan fingerprint density at radius 1 is 1.16 bits per heavy atom. The van der Waals surface area contributed by atoms with Gasteiger partial charge in [0.25, 0.3) is 0 Å². The molecule has 3 nitrogen and oxygen atoms in total. The molecule has 19 heavy (non-hydrogen) atoms. The Morgan fingerprint density at radius 3 is 2.47 bits per heavy atom. The highest BCUT2D eigenvalue weighted by Crippen LogP contribution is 2.28. The lowest BCUT2D eigenvalue weighted by Crippen LogP contribution is -2.51. The van der Waals surface area contributed by atoms with E-state index in [4.69, 9.17) is 0 Å². The van der Waals surface area contributed by atoms with Gasteiger partial charge in [-0.25, -0.2) is 0 Å². The summed E-state index contributed by atoms with van der Waals surface area (Å²) in [7, 11) is 2.07. The Balaban J connectivity index is 1.94. The van der Waals surface area contributed by atoms with Gasteiger partial charge in [0.05, 0.1) is 0 Å². The van der Waals surface area contributed by atoms with Crippen molar-refractivity contribution in [2.75, 3.05) is 46.3 Å². The molecule has 2 rings (SSSR count). The predicted octanol–water partition coefficient (Wildman–Crippen LogP) is 1.55. The lowest BCUT2D eigenvalue weighted by atomic mass is 9.96. The van der Waals surface area contributed by atoms with Gasteiger partial charge in [-0.05, 0) is 51.9 Å². The second-order valence-electron chi connectivity index (χ2n) is 5.86. The van der Waals surface area contributed by atoms with Gasteiger partial charge in [0.15, 0.2) is 0 Å². The number of likely N-dealkylation sites (tertiary alicyclic amines) is 1. The topological polar surface area (TPSA) is 18.5 Å². The molecule has 2 aliphatic heterocycles. The summed E-state index contributed by atoms with van der Waals surface area (Å²) < 4.78 is 39.3. The monoisotopic (exact) mass is 279 g/mol. The zero-order valence-electron chi connectivity index (χ0n) is 11.5. The maximum atomic E-state index is 13.1. The summed E-state index contributed by atoms with van der Waals surface area (Å²) in [6, 6.07) is -1.31. The van der Waals surface area contributed by atoms with Crippen molar-refractivity contribution in [1.29, 1.82) is 0 Å². The number of alkyl halides is 3. The zero-order valence-corrected chi connectivity index (χ0v) is 11.5. The molecule has 0 aliphatic carbocycles. The van der Waals surface area contributed by atoms with Crippen LogP contribution in [0.1, 0.15) is 19.3 Å². The first-order valence-corrected chi connectivity index (χ1v) is 7.17. The first kappa shape index (κ1) is 15.1. The Hall–Kier alpha value is -0.330. The van der Waals surface area contributed by atoms with Crippen molar-refractivity contribution < 1.29 is 13.2 Å². The fourth-order valence-corrected chi connectivity index (χ4v) is 3.05. The molecular formula is C13H24F3N3. The van der Waals surface area contributed by atoms with Gasteiger partial charge in [0, 0.05) is 19.6 Å². The van der Waals surface area contributed by atoms with Gasteiger partial charge in [-0.15, -0.1) is 0 Å². The number of hydrogen-bond acceptors (Lipinski definition) is 3. The highest BCUT2D eigenvalue weighted by atomic mass is 19.4. The Morgan fingerprint density at radius 2 is 1.84 bits per heavy atom. The largest absolute Gasteiger partial charge is 0.405 e. The summed E-state index contributed by atoms with van der Waals surface area (Å²) in [5.41, 5.74) is 0. The number of hydrogen-bond donors (Lipinski definition) is 1. The van der Waals surface area contributed by atoms with Crippen molar-refractivity contribution in [3.05, 3.63) is 0 Å². The van der Waals surface area contributed by atoms with Crippen molar-refractivity contribution in [2.45, 2.75) is 31.5 Å². The van der Waals surface area contributed by atoms with Gasteiger partial charge in [-0.3, -0.25) is 4.90 Å². The van der Waals surface area contributed by atoms with E-state index in [9.17, 15) is 13.2 Å². The van der Waals surface area contributed by atoms with Crippen LogP contribution < -0.4 is 5.32 Å². The van der Waals surface area contributed by atoms with Crippen molar-refractivity contribution in [3.63, 3.8) is 0 Å². The predicted molar refractivity (Wildman–Crippen MR) is 69.1 cm³/mol. The average Bonchev–Trinajstić information content (AvgIpc) is 2.57. The van der Waals surface area contributed by atoms with Crippen molar-refractivity contribution >= 4 is 0 Å². The second-order valence-corrected chi connectivity index (χ2v) is 5.86. The molecule has 1 unspecified atom stereocenters. The van der Waals surface area contributed by atoms with E-state index in [0.717, 1.165) is 32.4 Å². The number of halogens is 3. The van der Waals surface area contributed by atoms with Crippen LogP contribution in [0.15, 0.2) is 0 Å². The second kappa shape index (κ2) is 6.41. The molecule has 0 radical (unpaired) electrons. The maximum absolute atomic E-state index is 13.1. The Kier molecular flexibility index (Phi) is 5.09. The third-order valence-electron chi connectivity index (χ3n) is 4.29. The summed E-state index contributed by atoms with van der Waals surface area (Å²) in [6.45, 7) is 3.90. The van der Waals surface area contributed by atoms with Crippen molar-refractivity contribution in [3.8, 4) is 0 Å². The molecule has 2 aliphatic rings.